The second-order valence-electron chi connectivity index (χ2n) is 4.53. The molecule has 1 saturated heterocycles. The first-order valence-corrected chi connectivity index (χ1v) is 6.48. The van der Waals surface area contributed by atoms with Crippen LogP contribution in [0.15, 0.2) is 30.3 Å². The van der Waals surface area contributed by atoms with Gasteiger partial charge in [-0.3, -0.25) is 4.79 Å². The molecule has 0 radical (unpaired) electrons. The summed E-state index contributed by atoms with van der Waals surface area (Å²) >= 11 is 0. The lowest BCUT2D eigenvalue weighted by Crippen LogP contribution is -2.40. The average molecular weight is 248 g/mol. The van der Waals surface area contributed by atoms with Crippen LogP contribution in [0.3, 0.4) is 0 Å². The van der Waals surface area contributed by atoms with Gasteiger partial charge in [0, 0.05) is 19.1 Å². The van der Waals surface area contributed by atoms with Crippen LogP contribution in [0.1, 0.15) is 19.3 Å². The Kier molecular flexibility index (Phi) is 4.59. The molecule has 1 unspecified atom stereocenters. The second kappa shape index (κ2) is 6.40. The maximum Gasteiger partial charge on any atom is 0.226 e. The number of hydrogen-bond acceptors (Lipinski definition) is 3. The maximum atomic E-state index is 12.0. The highest BCUT2D eigenvalue weighted by Gasteiger charge is 2.26. The summed E-state index contributed by atoms with van der Waals surface area (Å²) in [6, 6.07) is 9.79. The molecule has 1 atom stereocenters. The zero-order valence-electron chi connectivity index (χ0n) is 10.5. The normalized spacial score (nSPS) is 18.9. The lowest BCUT2D eigenvalue weighted by molar-refractivity contribution is -0.132. The highest BCUT2D eigenvalue weighted by atomic mass is 16.5. The van der Waals surface area contributed by atoms with Crippen molar-refractivity contribution in [2.75, 3.05) is 19.7 Å². The molecule has 98 valence electrons. The van der Waals surface area contributed by atoms with E-state index in [1.165, 1.54) is 0 Å². The molecule has 1 heterocycles. The predicted octanol–water partition coefficient (Wildman–Crippen LogP) is 1.41. The number of ether oxygens (including phenoxy) is 1. The van der Waals surface area contributed by atoms with Gasteiger partial charge in [0.25, 0.3) is 0 Å². The van der Waals surface area contributed by atoms with Crippen LogP contribution in [-0.4, -0.2) is 36.5 Å². The van der Waals surface area contributed by atoms with Gasteiger partial charge >= 0.3 is 0 Å². The molecule has 0 bridgehead atoms. The van der Waals surface area contributed by atoms with E-state index in [1.807, 2.05) is 35.2 Å². The number of nitrogens with zero attached hydrogens (tertiary/aromatic N) is 1. The molecule has 18 heavy (non-hydrogen) atoms. The Hall–Kier alpha value is -1.55. The van der Waals surface area contributed by atoms with Gasteiger partial charge in [0.1, 0.15) is 5.75 Å². The fraction of sp³-hybridized carbons (Fsp3) is 0.500. The minimum atomic E-state index is 0.152. The molecule has 2 rings (SSSR count). The van der Waals surface area contributed by atoms with Crippen molar-refractivity contribution < 1.29 is 9.53 Å². The van der Waals surface area contributed by atoms with Crippen LogP contribution in [0.4, 0.5) is 0 Å². The van der Waals surface area contributed by atoms with E-state index in [9.17, 15) is 4.79 Å². The second-order valence-corrected chi connectivity index (χ2v) is 4.53. The van der Waals surface area contributed by atoms with Crippen LogP contribution in [0, 0.1) is 0 Å². The Morgan fingerprint density at radius 1 is 1.39 bits per heavy atom. The molecule has 2 N–H and O–H groups in total. The minimum absolute atomic E-state index is 0.152. The SMILES string of the molecule is NCC1CCCN1C(=O)CCOc1ccccc1. The molecule has 1 fully saturated rings. The van der Waals surface area contributed by atoms with Gasteiger partial charge in [0.15, 0.2) is 0 Å². The van der Waals surface area contributed by atoms with Crippen LogP contribution in [0.2, 0.25) is 0 Å². The standard InChI is InChI=1S/C14H20N2O2/c15-11-12-5-4-9-16(12)14(17)8-10-18-13-6-2-1-3-7-13/h1-3,6-7,12H,4-5,8-11,15H2. The summed E-state index contributed by atoms with van der Waals surface area (Å²) in [5.41, 5.74) is 5.66. The van der Waals surface area contributed by atoms with Crippen molar-refractivity contribution >= 4 is 5.91 Å². The topological polar surface area (TPSA) is 55.6 Å². The van der Waals surface area contributed by atoms with Gasteiger partial charge in [0.05, 0.1) is 13.0 Å². The van der Waals surface area contributed by atoms with Crippen molar-refractivity contribution in [1.82, 2.24) is 4.90 Å². The van der Waals surface area contributed by atoms with E-state index in [4.69, 9.17) is 10.5 Å². The quantitative estimate of drug-likeness (QED) is 0.857. The molecule has 1 aromatic rings. The summed E-state index contributed by atoms with van der Waals surface area (Å²) in [5, 5.41) is 0. The largest absolute Gasteiger partial charge is 0.493 e. The van der Waals surface area contributed by atoms with E-state index >= 15 is 0 Å². The van der Waals surface area contributed by atoms with Crippen molar-refractivity contribution in [3.63, 3.8) is 0 Å². The minimum Gasteiger partial charge on any atom is -0.493 e. The van der Waals surface area contributed by atoms with Gasteiger partial charge in [-0.25, -0.2) is 0 Å². The van der Waals surface area contributed by atoms with Gasteiger partial charge in [-0.05, 0) is 25.0 Å². The number of hydrogen-bond donors (Lipinski definition) is 1. The van der Waals surface area contributed by atoms with Crippen molar-refractivity contribution in [3.8, 4) is 5.75 Å². The molecule has 4 nitrogen and oxygen atoms in total. The summed E-state index contributed by atoms with van der Waals surface area (Å²) in [4.78, 5) is 13.9. The number of rotatable bonds is 5. The van der Waals surface area contributed by atoms with Crippen LogP contribution in [0.25, 0.3) is 0 Å². The summed E-state index contributed by atoms with van der Waals surface area (Å²) in [6.07, 6.45) is 2.51. The van der Waals surface area contributed by atoms with E-state index < -0.39 is 0 Å². The number of amides is 1. The highest BCUT2D eigenvalue weighted by molar-refractivity contribution is 5.77. The Labute approximate surface area is 108 Å². The molecule has 1 aliphatic rings. The summed E-state index contributed by atoms with van der Waals surface area (Å²) < 4.78 is 5.53. The molecule has 4 heteroatoms. The molecular weight excluding hydrogens is 228 g/mol. The Morgan fingerprint density at radius 2 is 2.17 bits per heavy atom. The van der Waals surface area contributed by atoms with Crippen molar-refractivity contribution in [2.45, 2.75) is 25.3 Å². The number of carbonyl (C=O) groups excluding carboxylic acids is 1. The first-order chi connectivity index (χ1) is 8.81. The van der Waals surface area contributed by atoms with Gasteiger partial charge in [-0.1, -0.05) is 18.2 Å². The van der Waals surface area contributed by atoms with Gasteiger partial charge < -0.3 is 15.4 Å². The van der Waals surface area contributed by atoms with Crippen LogP contribution >= 0.6 is 0 Å². The molecule has 1 amide bonds. The number of para-hydroxylation sites is 1. The van der Waals surface area contributed by atoms with E-state index in [0.29, 0.717) is 19.6 Å². The zero-order valence-corrected chi connectivity index (χ0v) is 10.5. The van der Waals surface area contributed by atoms with E-state index in [1.54, 1.807) is 0 Å². The molecule has 0 aliphatic carbocycles. The fourth-order valence-corrected chi connectivity index (χ4v) is 2.33. The average Bonchev–Trinajstić information content (AvgIpc) is 2.88. The molecule has 1 aliphatic heterocycles. The summed E-state index contributed by atoms with van der Waals surface area (Å²) in [7, 11) is 0. The third-order valence-corrected chi connectivity index (χ3v) is 3.30. The molecule has 0 saturated carbocycles. The first-order valence-electron chi connectivity index (χ1n) is 6.48. The third kappa shape index (κ3) is 3.23. The fourth-order valence-electron chi connectivity index (χ4n) is 2.33. The number of likely N-dealkylation sites (tertiary alicyclic amines) is 1. The van der Waals surface area contributed by atoms with Crippen molar-refractivity contribution in [2.24, 2.45) is 5.73 Å². The monoisotopic (exact) mass is 248 g/mol. The third-order valence-electron chi connectivity index (χ3n) is 3.30. The first kappa shape index (κ1) is 12.9. The predicted molar refractivity (Wildman–Crippen MR) is 70.3 cm³/mol. The summed E-state index contributed by atoms with van der Waals surface area (Å²) in [5.74, 6) is 0.959. The molecular formula is C14H20N2O2. The maximum absolute atomic E-state index is 12.0. The number of nitrogens with two attached hydrogens (primary N) is 1. The van der Waals surface area contributed by atoms with Gasteiger partial charge in [0.2, 0.25) is 5.91 Å². The van der Waals surface area contributed by atoms with Crippen LogP contribution in [-0.2, 0) is 4.79 Å². The smallest absolute Gasteiger partial charge is 0.226 e. The zero-order chi connectivity index (χ0) is 12.8. The lowest BCUT2D eigenvalue weighted by atomic mass is 10.2. The number of carbonyl (C=O) groups is 1. The van der Waals surface area contributed by atoms with Gasteiger partial charge in [-0.2, -0.15) is 0 Å². The van der Waals surface area contributed by atoms with Crippen LogP contribution in [0.5, 0.6) is 5.75 Å². The van der Waals surface area contributed by atoms with Crippen molar-refractivity contribution in [1.29, 1.82) is 0 Å². The highest BCUT2D eigenvalue weighted by Crippen LogP contribution is 2.17. The Morgan fingerprint density at radius 3 is 2.89 bits per heavy atom. The summed E-state index contributed by atoms with van der Waals surface area (Å²) in [6.45, 7) is 1.83. The van der Waals surface area contributed by atoms with Crippen LogP contribution < -0.4 is 10.5 Å². The lowest BCUT2D eigenvalue weighted by Gasteiger charge is -2.23. The van der Waals surface area contributed by atoms with E-state index in [2.05, 4.69) is 0 Å². The molecule has 1 aromatic carbocycles. The van der Waals surface area contributed by atoms with E-state index in [-0.39, 0.29) is 11.9 Å². The van der Waals surface area contributed by atoms with Gasteiger partial charge in [-0.15, -0.1) is 0 Å². The van der Waals surface area contributed by atoms with Crippen molar-refractivity contribution in [3.05, 3.63) is 30.3 Å². The molecule has 0 aromatic heterocycles. The van der Waals surface area contributed by atoms with E-state index in [0.717, 1.165) is 25.1 Å². The number of benzene rings is 1. The Balaban J connectivity index is 1.75. The Bertz CT molecular complexity index is 381. The molecule has 0 spiro atoms.